The molecule has 1 atom stereocenters. The van der Waals surface area contributed by atoms with Gasteiger partial charge >= 0.3 is 0 Å². The molecule has 1 saturated carbocycles. The summed E-state index contributed by atoms with van der Waals surface area (Å²) in [6.07, 6.45) is 6.88. The molecular weight excluding hydrogens is 198 g/mol. The highest BCUT2D eigenvalue weighted by atomic mass is 15.2. The highest BCUT2D eigenvalue weighted by Gasteiger charge is 2.40. The molecule has 0 bridgehead atoms. The van der Waals surface area contributed by atoms with Gasteiger partial charge in [-0.3, -0.25) is 0 Å². The largest absolute Gasteiger partial charge is 0.315 e. The molecule has 1 aliphatic heterocycles. The Hall–Kier alpha value is -0.120. The minimum atomic E-state index is 0.478. The quantitative estimate of drug-likeness (QED) is 0.774. The van der Waals surface area contributed by atoms with Crippen LogP contribution in [-0.2, 0) is 0 Å². The molecule has 16 heavy (non-hydrogen) atoms. The van der Waals surface area contributed by atoms with Crippen LogP contribution < -0.4 is 5.32 Å². The van der Waals surface area contributed by atoms with Crippen LogP contribution in [0.25, 0.3) is 0 Å². The van der Waals surface area contributed by atoms with Crippen molar-refractivity contribution in [2.24, 2.45) is 0 Å². The number of nitrogens with one attached hydrogen (secondary N) is 1. The molecule has 0 aromatic carbocycles. The standard InChI is InChI=1S/C13H27N3/c1-15(2)13(7-5-8-13)11-16(3)12-6-4-9-14-10-12/h12,14H,4-11H2,1-3H3. The van der Waals surface area contributed by atoms with E-state index >= 15 is 0 Å². The van der Waals surface area contributed by atoms with Crippen LogP contribution in [0.1, 0.15) is 32.1 Å². The van der Waals surface area contributed by atoms with Crippen molar-refractivity contribution in [3.8, 4) is 0 Å². The van der Waals surface area contributed by atoms with E-state index in [0.29, 0.717) is 5.54 Å². The summed E-state index contributed by atoms with van der Waals surface area (Å²) >= 11 is 0. The van der Waals surface area contributed by atoms with Crippen LogP contribution in [0.3, 0.4) is 0 Å². The molecule has 1 heterocycles. The zero-order valence-electron chi connectivity index (χ0n) is 11.1. The van der Waals surface area contributed by atoms with Crippen molar-refractivity contribution in [1.82, 2.24) is 15.1 Å². The summed E-state index contributed by atoms with van der Waals surface area (Å²) in [6.45, 7) is 3.63. The number of hydrogen-bond acceptors (Lipinski definition) is 3. The van der Waals surface area contributed by atoms with Gasteiger partial charge in [-0.25, -0.2) is 0 Å². The van der Waals surface area contributed by atoms with Gasteiger partial charge in [0, 0.05) is 24.7 Å². The topological polar surface area (TPSA) is 18.5 Å². The van der Waals surface area contributed by atoms with E-state index in [-0.39, 0.29) is 0 Å². The summed E-state index contributed by atoms with van der Waals surface area (Å²) in [5.74, 6) is 0. The molecule has 0 aromatic rings. The van der Waals surface area contributed by atoms with Crippen molar-refractivity contribution in [3.05, 3.63) is 0 Å². The zero-order valence-corrected chi connectivity index (χ0v) is 11.1. The van der Waals surface area contributed by atoms with Gasteiger partial charge < -0.3 is 15.1 Å². The van der Waals surface area contributed by atoms with Gasteiger partial charge in [-0.2, -0.15) is 0 Å². The van der Waals surface area contributed by atoms with Crippen LogP contribution in [0, 0.1) is 0 Å². The molecule has 1 N–H and O–H groups in total. The van der Waals surface area contributed by atoms with E-state index in [4.69, 9.17) is 0 Å². The molecule has 3 heteroatoms. The average molecular weight is 225 g/mol. The molecule has 1 aliphatic carbocycles. The van der Waals surface area contributed by atoms with E-state index in [1.165, 1.54) is 51.7 Å². The Bertz CT molecular complexity index is 217. The van der Waals surface area contributed by atoms with E-state index in [9.17, 15) is 0 Å². The summed E-state index contributed by atoms with van der Waals surface area (Å²) in [5, 5.41) is 3.51. The van der Waals surface area contributed by atoms with Crippen molar-refractivity contribution in [3.63, 3.8) is 0 Å². The van der Waals surface area contributed by atoms with Gasteiger partial charge in [0.25, 0.3) is 0 Å². The molecule has 2 aliphatic rings. The van der Waals surface area contributed by atoms with Crippen molar-refractivity contribution in [2.45, 2.75) is 43.7 Å². The molecular formula is C13H27N3. The molecule has 0 spiro atoms. The molecule has 1 unspecified atom stereocenters. The highest BCUT2D eigenvalue weighted by molar-refractivity contribution is 4.98. The minimum absolute atomic E-state index is 0.478. The Balaban J connectivity index is 1.87. The normalized spacial score (nSPS) is 29.4. The van der Waals surface area contributed by atoms with Gasteiger partial charge in [0.1, 0.15) is 0 Å². The van der Waals surface area contributed by atoms with Crippen LogP contribution in [0.2, 0.25) is 0 Å². The van der Waals surface area contributed by atoms with Crippen molar-refractivity contribution in [2.75, 3.05) is 40.8 Å². The first kappa shape index (κ1) is 12.3. The lowest BCUT2D eigenvalue weighted by Gasteiger charge is -2.50. The van der Waals surface area contributed by atoms with Gasteiger partial charge in [0.05, 0.1) is 0 Å². The molecule has 2 rings (SSSR count). The predicted molar refractivity (Wildman–Crippen MR) is 68.8 cm³/mol. The lowest BCUT2D eigenvalue weighted by Crippen LogP contribution is -2.59. The van der Waals surface area contributed by atoms with Crippen LogP contribution >= 0.6 is 0 Å². The van der Waals surface area contributed by atoms with Gasteiger partial charge in [-0.05, 0) is 59.8 Å². The fourth-order valence-corrected chi connectivity index (χ4v) is 3.13. The summed E-state index contributed by atoms with van der Waals surface area (Å²) in [5.41, 5.74) is 0.478. The van der Waals surface area contributed by atoms with E-state index < -0.39 is 0 Å². The van der Waals surface area contributed by atoms with Crippen molar-refractivity contribution < 1.29 is 0 Å². The maximum atomic E-state index is 3.51. The van der Waals surface area contributed by atoms with Crippen molar-refractivity contribution in [1.29, 1.82) is 0 Å². The first-order valence-electron chi connectivity index (χ1n) is 6.72. The second-order valence-corrected chi connectivity index (χ2v) is 5.89. The third-order valence-corrected chi connectivity index (χ3v) is 4.67. The Morgan fingerprint density at radius 3 is 2.38 bits per heavy atom. The number of piperidine rings is 1. The van der Waals surface area contributed by atoms with E-state index in [2.05, 4.69) is 36.3 Å². The summed E-state index contributed by atoms with van der Waals surface area (Å²) in [7, 11) is 6.79. The van der Waals surface area contributed by atoms with Gasteiger partial charge in [0.15, 0.2) is 0 Å². The smallest absolute Gasteiger partial charge is 0.0330 e. The monoisotopic (exact) mass is 225 g/mol. The minimum Gasteiger partial charge on any atom is -0.315 e. The van der Waals surface area contributed by atoms with Gasteiger partial charge in [0.2, 0.25) is 0 Å². The lowest BCUT2D eigenvalue weighted by molar-refractivity contribution is 0.0130. The molecule has 2 fully saturated rings. The van der Waals surface area contributed by atoms with E-state index in [1.807, 2.05) is 0 Å². The summed E-state index contributed by atoms with van der Waals surface area (Å²) < 4.78 is 0. The third kappa shape index (κ3) is 2.41. The fourth-order valence-electron chi connectivity index (χ4n) is 3.13. The summed E-state index contributed by atoms with van der Waals surface area (Å²) in [4.78, 5) is 5.04. The first-order valence-corrected chi connectivity index (χ1v) is 6.72. The lowest BCUT2D eigenvalue weighted by atomic mass is 9.75. The molecule has 0 amide bonds. The Morgan fingerprint density at radius 2 is 1.94 bits per heavy atom. The SMILES string of the molecule is CN(CC1(N(C)C)CCC1)C1CCCNC1. The predicted octanol–water partition coefficient (Wildman–Crippen LogP) is 1.15. The maximum absolute atomic E-state index is 3.51. The Labute approximate surface area is 100 Å². The molecule has 94 valence electrons. The number of likely N-dealkylation sites (N-methyl/N-ethyl adjacent to an activating group) is 2. The average Bonchev–Trinajstić information content (AvgIpc) is 2.24. The highest BCUT2D eigenvalue weighted by Crippen LogP contribution is 2.37. The molecule has 0 aromatic heterocycles. The van der Waals surface area contributed by atoms with Crippen LogP contribution in [0.15, 0.2) is 0 Å². The maximum Gasteiger partial charge on any atom is 0.0330 e. The Morgan fingerprint density at radius 1 is 1.19 bits per heavy atom. The second-order valence-electron chi connectivity index (χ2n) is 5.89. The number of rotatable bonds is 4. The van der Waals surface area contributed by atoms with E-state index in [0.717, 1.165) is 6.04 Å². The zero-order chi connectivity index (χ0) is 11.6. The third-order valence-electron chi connectivity index (χ3n) is 4.67. The van der Waals surface area contributed by atoms with Crippen LogP contribution in [0.4, 0.5) is 0 Å². The molecule has 1 saturated heterocycles. The van der Waals surface area contributed by atoms with E-state index in [1.54, 1.807) is 0 Å². The first-order chi connectivity index (χ1) is 7.64. The van der Waals surface area contributed by atoms with Crippen LogP contribution in [0.5, 0.6) is 0 Å². The summed E-state index contributed by atoms with van der Waals surface area (Å²) in [6, 6.07) is 0.756. The molecule has 0 radical (unpaired) electrons. The van der Waals surface area contributed by atoms with Gasteiger partial charge in [-0.15, -0.1) is 0 Å². The van der Waals surface area contributed by atoms with Crippen LogP contribution in [-0.4, -0.2) is 62.2 Å². The number of hydrogen-bond donors (Lipinski definition) is 1. The van der Waals surface area contributed by atoms with Gasteiger partial charge in [-0.1, -0.05) is 0 Å². The molecule has 3 nitrogen and oxygen atoms in total. The fraction of sp³-hybridized carbons (Fsp3) is 1.00. The second kappa shape index (κ2) is 5.03. The van der Waals surface area contributed by atoms with Crippen molar-refractivity contribution >= 4 is 0 Å². The number of nitrogens with zero attached hydrogens (tertiary/aromatic N) is 2. The Kier molecular flexibility index (Phi) is 3.88.